The number of carbonyl (C=O) groups is 7. The van der Waals surface area contributed by atoms with E-state index < -0.39 is 29.1 Å². The lowest BCUT2D eigenvalue weighted by Gasteiger charge is -2.15. The van der Waals surface area contributed by atoms with Gasteiger partial charge in [-0.25, -0.2) is 4.79 Å². The lowest BCUT2D eigenvalue weighted by atomic mass is 10.3. The lowest BCUT2D eigenvalue weighted by Crippen LogP contribution is -2.36. The zero-order valence-electron chi connectivity index (χ0n) is 25.8. The number of Topliss-reactive ketones (excluding diaryl/α,β-unsaturated/α-hetero) is 1. The summed E-state index contributed by atoms with van der Waals surface area (Å²) >= 11 is 1.31. The summed E-state index contributed by atoms with van der Waals surface area (Å²) in [4.78, 5) is 88.3. The van der Waals surface area contributed by atoms with Crippen molar-refractivity contribution in [3.05, 3.63) is 0 Å². The lowest BCUT2D eigenvalue weighted by molar-refractivity contribution is -0.198. The van der Waals surface area contributed by atoms with E-state index in [4.69, 9.17) is 28.5 Å². The molecule has 17 heteroatoms. The maximum absolute atomic E-state index is 12.5. The van der Waals surface area contributed by atoms with Gasteiger partial charge in [0.15, 0.2) is 5.78 Å². The maximum Gasteiger partial charge on any atom is 0.335 e. The van der Waals surface area contributed by atoms with Gasteiger partial charge in [0.2, 0.25) is 17.7 Å². The number of amides is 5. The molecule has 1 N–H and O–H groups in total. The van der Waals surface area contributed by atoms with Crippen molar-refractivity contribution in [2.24, 2.45) is 0 Å². The van der Waals surface area contributed by atoms with Crippen LogP contribution in [0.2, 0.25) is 0 Å². The van der Waals surface area contributed by atoms with Crippen molar-refractivity contribution < 1.29 is 62.1 Å². The minimum atomic E-state index is -0.726. The first-order valence-corrected chi connectivity index (χ1v) is 15.9. The zero-order chi connectivity index (χ0) is 33.0. The Balaban J connectivity index is 1.35. The molecule has 5 amide bonds. The Morgan fingerprint density at radius 3 is 2.00 bits per heavy atom. The smallest absolute Gasteiger partial charge is 0.335 e. The van der Waals surface area contributed by atoms with Crippen LogP contribution < -0.4 is 5.32 Å². The van der Waals surface area contributed by atoms with Crippen molar-refractivity contribution in [2.75, 3.05) is 78.3 Å². The van der Waals surface area contributed by atoms with E-state index >= 15 is 0 Å². The zero-order valence-corrected chi connectivity index (χ0v) is 26.6. The predicted octanol–water partition coefficient (Wildman–Crippen LogP) is -0.589. The van der Waals surface area contributed by atoms with Crippen LogP contribution in [0.15, 0.2) is 0 Å². The molecule has 2 saturated heterocycles. The standard InChI is InChI=1S/C28H43N3O13S/c1-20(32)21(2)43-17-18-45-22-19-26(36)30(28(22)38)8-5-23(33)29-7-10-40-12-14-42-16-15-41-13-11-39-9-6-27(37)44-31-24(34)3-4-25(31)35/h21-22H,3-19H2,1-2H3,(H,29,33)/t21-,22?/m0/s1. The minimum absolute atomic E-state index is 0.00212. The van der Waals surface area contributed by atoms with Crippen LogP contribution in [0.5, 0.6) is 0 Å². The first-order chi connectivity index (χ1) is 21.6. The largest absolute Gasteiger partial charge is 0.378 e. The molecule has 45 heavy (non-hydrogen) atoms. The summed E-state index contributed by atoms with van der Waals surface area (Å²) in [5, 5.41) is 2.68. The molecule has 0 aromatic rings. The third kappa shape index (κ3) is 15.3. The van der Waals surface area contributed by atoms with Crippen molar-refractivity contribution in [2.45, 2.75) is 57.3 Å². The summed E-state index contributed by atoms with van der Waals surface area (Å²) in [5.74, 6) is -2.30. The number of rotatable bonds is 25. The van der Waals surface area contributed by atoms with Crippen molar-refractivity contribution in [1.29, 1.82) is 0 Å². The van der Waals surface area contributed by atoms with Gasteiger partial charge in [0.1, 0.15) is 6.10 Å². The molecule has 0 radical (unpaired) electrons. The number of ether oxygens (including phenoxy) is 5. The number of hydroxylamine groups is 2. The van der Waals surface area contributed by atoms with Gasteiger partial charge in [-0.05, 0) is 13.8 Å². The van der Waals surface area contributed by atoms with E-state index in [2.05, 4.69) is 5.32 Å². The number of thioether (sulfide) groups is 1. The third-order valence-electron chi connectivity index (χ3n) is 6.44. The summed E-state index contributed by atoms with van der Waals surface area (Å²) in [6, 6.07) is 0. The van der Waals surface area contributed by atoms with E-state index in [0.29, 0.717) is 43.9 Å². The van der Waals surface area contributed by atoms with Gasteiger partial charge in [-0.3, -0.25) is 33.7 Å². The number of ketones is 1. The molecule has 0 spiro atoms. The van der Waals surface area contributed by atoms with Gasteiger partial charge in [-0.2, -0.15) is 0 Å². The molecule has 0 aliphatic carbocycles. The normalized spacial score (nSPS) is 17.3. The highest BCUT2D eigenvalue weighted by Gasteiger charge is 2.38. The van der Waals surface area contributed by atoms with Gasteiger partial charge in [0, 0.05) is 44.5 Å². The number of nitrogens with one attached hydrogen (secondary N) is 1. The highest BCUT2D eigenvalue weighted by atomic mass is 32.2. The van der Waals surface area contributed by atoms with Crippen LogP contribution in [0, 0.1) is 0 Å². The monoisotopic (exact) mass is 661 g/mol. The third-order valence-corrected chi connectivity index (χ3v) is 7.61. The fourth-order valence-corrected chi connectivity index (χ4v) is 4.84. The molecule has 0 aromatic carbocycles. The molecule has 0 bridgehead atoms. The highest BCUT2D eigenvalue weighted by molar-refractivity contribution is 8.00. The Morgan fingerprint density at radius 1 is 0.822 bits per heavy atom. The van der Waals surface area contributed by atoms with Crippen molar-refractivity contribution in [1.82, 2.24) is 15.3 Å². The number of carbonyl (C=O) groups excluding carboxylic acids is 7. The molecule has 2 aliphatic rings. The first kappa shape index (κ1) is 38.2. The summed E-state index contributed by atoms with van der Waals surface area (Å²) in [6.07, 6.45) is -0.448. The minimum Gasteiger partial charge on any atom is -0.378 e. The summed E-state index contributed by atoms with van der Waals surface area (Å²) in [6.45, 7) is 5.87. The number of imide groups is 2. The number of nitrogens with zero attached hydrogens (tertiary/aromatic N) is 2. The second-order valence-corrected chi connectivity index (χ2v) is 11.2. The Bertz CT molecular complexity index is 1010. The molecule has 2 heterocycles. The second-order valence-electron chi connectivity index (χ2n) is 9.92. The van der Waals surface area contributed by atoms with Gasteiger partial charge >= 0.3 is 5.97 Å². The number of likely N-dealkylation sites (tertiary alicyclic amines) is 1. The molecular weight excluding hydrogens is 618 g/mol. The molecule has 2 fully saturated rings. The Kier molecular flexibility index (Phi) is 18.4. The molecule has 2 aliphatic heterocycles. The molecule has 254 valence electrons. The summed E-state index contributed by atoms with van der Waals surface area (Å²) in [7, 11) is 0. The van der Waals surface area contributed by atoms with Crippen LogP contribution in [-0.4, -0.2) is 141 Å². The van der Waals surface area contributed by atoms with Crippen molar-refractivity contribution in [3.63, 3.8) is 0 Å². The highest BCUT2D eigenvalue weighted by Crippen LogP contribution is 2.25. The molecule has 2 atom stereocenters. The Hall–Kier alpha value is -2.96. The predicted molar refractivity (Wildman–Crippen MR) is 156 cm³/mol. The van der Waals surface area contributed by atoms with E-state index in [9.17, 15) is 33.6 Å². The maximum atomic E-state index is 12.5. The average molecular weight is 662 g/mol. The van der Waals surface area contributed by atoms with Gasteiger partial charge in [-0.1, -0.05) is 0 Å². The van der Waals surface area contributed by atoms with E-state index in [-0.39, 0.29) is 95.1 Å². The molecule has 16 nitrogen and oxygen atoms in total. The fourth-order valence-electron chi connectivity index (χ4n) is 3.84. The van der Waals surface area contributed by atoms with E-state index in [0.717, 1.165) is 4.90 Å². The summed E-state index contributed by atoms with van der Waals surface area (Å²) in [5.41, 5.74) is 0. The Labute approximate surface area is 266 Å². The van der Waals surface area contributed by atoms with Crippen molar-refractivity contribution >= 4 is 53.1 Å². The quantitative estimate of drug-likeness (QED) is 0.0964. The topological polar surface area (TPSA) is 193 Å². The van der Waals surface area contributed by atoms with Gasteiger partial charge in [0.05, 0.1) is 71.1 Å². The van der Waals surface area contributed by atoms with E-state index in [1.807, 2.05) is 0 Å². The van der Waals surface area contributed by atoms with Gasteiger partial charge < -0.3 is 33.8 Å². The average Bonchev–Trinajstić information content (AvgIpc) is 3.46. The number of hydrogen-bond donors (Lipinski definition) is 1. The van der Waals surface area contributed by atoms with Crippen LogP contribution in [0.1, 0.15) is 46.0 Å². The molecular formula is C28H43N3O13S. The van der Waals surface area contributed by atoms with E-state index in [1.54, 1.807) is 6.92 Å². The van der Waals surface area contributed by atoms with Gasteiger partial charge in [-0.15, -0.1) is 16.8 Å². The first-order valence-electron chi connectivity index (χ1n) is 14.8. The molecule has 0 saturated carbocycles. The van der Waals surface area contributed by atoms with E-state index in [1.165, 1.54) is 18.7 Å². The SMILES string of the molecule is CC(=O)[C@H](C)OCCSC1CC(=O)N(CCC(=O)NCCOCCOCCOCCOCCC(=O)ON2C(=O)CCC2=O)C1=O. The second kappa shape index (κ2) is 21.7. The summed E-state index contributed by atoms with van der Waals surface area (Å²) < 4.78 is 26.8. The number of hydrogen-bond acceptors (Lipinski definition) is 14. The fraction of sp³-hybridized carbons (Fsp3) is 0.750. The van der Waals surface area contributed by atoms with Crippen LogP contribution in [-0.2, 0) is 62.1 Å². The van der Waals surface area contributed by atoms with Crippen LogP contribution >= 0.6 is 11.8 Å². The van der Waals surface area contributed by atoms with Gasteiger partial charge in [0.25, 0.3) is 11.8 Å². The molecule has 2 rings (SSSR count). The van der Waals surface area contributed by atoms with Crippen molar-refractivity contribution in [3.8, 4) is 0 Å². The van der Waals surface area contributed by atoms with Crippen LogP contribution in [0.3, 0.4) is 0 Å². The molecule has 1 unspecified atom stereocenters. The van der Waals surface area contributed by atoms with Crippen LogP contribution in [0.25, 0.3) is 0 Å². The molecule has 0 aromatic heterocycles. The Morgan fingerprint density at radius 2 is 1.40 bits per heavy atom. The van der Waals surface area contributed by atoms with Crippen LogP contribution in [0.4, 0.5) is 0 Å².